The quantitative estimate of drug-likeness (QED) is 0.550. The van der Waals surface area contributed by atoms with Gasteiger partial charge in [-0.1, -0.05) is 6.07 Å². The molecule has 0 bridgehead atoms. The number of nitrogens with one attached hydrogen (secondary N) is 1. The number of aryl methyl sites for hydroxylation is 1. The molecule has 104 valence electrons. The average Bonchev–Trinajstić information content (AvgIpc) is 2.72. The normalized spacial score (nSPS) is 26.4. The van der Waals surface area contributed by atoms with Crippen molar-refractivity contribution in [2.75, 3.05) is 11.9 Å². The lowest BCUT2D eigenvalue weighted by Crippen LogP contribution is -2.25. The van der Waals surface area contributed by atoms with E-state index in [1.165, 1.54) is 12.1 Å². The largest absolute Gasteiger partial charge is 0.394 e. The molecular formula is C12H16N2O5. The molecule has 1 aromatic carbocycles. The number of ether oxygens (including phenoxy) is 1. The van der Waals surface area contributed by atoms with Crippen LogP contribution in [0.2, 0.25) is 0 Å². The summed E-state index contributed by atoms with van der Waals surface area (Å²) in [6.07, 6.45) is -1.49. The van der Waals surface area contributed by atoms with E-state index in [1.807, 2.05) is 6.92 Å². The van der Waals surface area contributed by atoms with Gasteiger partial charge in [0.2, 0.25) is 0 Å². The smallest absolute Gasteiger partial charge is 0.271 e. The maximum atomic E-state index is 10.7. The van der Waals surface area contributed by atoms with E-state index in [9.17, 15) is 15.2 Å². The summed E-state index contributed by atoms with van der Waals surface area (Å²) in [6.45, 7) is 1.56. The Morgan fingerprint density at radius 2 is 2.32 bits per heavy atom. The van der Waals surface area contributed by atoms with E-state index in [4.69, 9.17) is 9.84 Å². The first-order valence-electron chi connectivity index (χ1n) is 5.97. The highest BCUT2D eigenvalue weighted by Gasteiger charge is 2.33. The van der Waals surface area contributed by atoms with E-state index in [-0.39, 0.29) is 12.3 Å². The number of anilines is 1. The van der Waals surface area contributed by atoms with Crippen LogP contribution in [-0.4, -0.2) is 40.2 Å². The number of aliphatic hydroxyl groups is 2. The number of hydrogen-bond donors (Lipinski definition) is 3. The third-order valence-corrected chi connectivity index (χ3v) is 3.15. The van der Waals surface area contributed by atoms with Crippen molar-refractivity contribution in [3.63, 3.8) is 0 Å². The summed E-state index contributed by atoms with van der Waals surface area (Å²) < 4.78 is 5.40. The lowest BCUT2D eigenvalue weighted by Gasteiger charge is -2.16. The Kier molecular flexibility index (Phi) is 3.98. The van der Waals surface area contributed by atoms with Gasteiger partial charge in [-0.2, -0.15) is 0 Å². The summed E-state index contributed by atoms with van der Waals surface area (Å²) >= 11 is 0. The van der Waals surface area contributed by atoms with Gasteiger partial charge in [0.25, 0.3) is 5.69 Å². The van der Waals surface area contributed by atoms with Gasteiger partial charge in [0, 0.05) is 24.2 Å². The molecule has 19 heavy (non-hydrogen) atoms. The zero-order valence-electron chi connectivity index (χ0n) is 10.4. The van der Waals surface area contributed by atoms with Crippen LogP contribution < -0.4 is 5.32 Å². The second-order valence-corrected chi connectivity index (χ2v) is 4.55. The van der Waals surface area contributed by atoms with Gasteiger partial charge in [0.1, 0.15) is 12.3 Å². The van der Waals surface area contributed by atoms with Gasteiger partial charge in [-0.05, 0) is 12.5 Å². The van der Waals surface area contributed by atoms with Crippen LogP contribution in [0.5, 0.6) is 0 Å². The van der Waals surface area contributed by atoms with E-state index in [0.29, 0.717) is 12.1 Å². The molecule has 1 fully saturated rings. The van der Waals surface area contributed by atoms with Crippen molar-refractivity contribution >= 4 is 11.4 Å². The number of nitrogens with zero attached hydrogens (tertiary/aromatic N) is 1. The molecule has 1 saturated heterocycles. The summed E-state index contributed by atoms with van der Waals surface area (Å²) in [5.41, 5.74) is 1.42. The number of nitro groups is 1. The van der Waals surface area contributed by atoms with Crippen LogP contribution in [0.25, 0.3) is 0 Å². The lowest BCUT2D eigenvalue weighted by molar-refractivity contribution is -0.384. The van der Waals surface area contributed by atoms with E-state index in [1.54, 1.807) is 6.07 Å². The van der Waals surface area contributed by atoms with Gasteiger partial charge in [-0.15, -0.1) is 0 Å². The van der Waals surface area contributed by atoms with Crippen LogP contribution in [0, 0.1) is 17.0 Å². The summed E-state index contributed by atoms with van der Waals surface area (Å²) in [5.74, 6) is 0. The number of rotatable bonds is 4. The van der Waals surface area contributed by atoms with Crippen LogP contribution in [0.4, 0.5) is 11.4 Å². The van der Waals surface area contributed by atoms with Crippen molar-refractivity contribution in [2.24, 2.45) is 0 Å². The molecule has 1 aliphatic heterocycles. The van der Waals surface area contributed by atoms with E-state index in [0.717, 1.165) is 5.56 Å². The zero-order valence-corrected chi connectivity index (χ0v) is 10.4. The Hall–Kier alpha value is -1.70. The number of benzene rings is 1. The van der Waals surface area contributed by atoms with Crippen molar-refractivity contribution in [1.82, 2.24) is 0 Å². The van der Waals surface area contributed by atoms with Gasteiger partial charge in [-0.25, -0.2) is 0 Å². The highest BCUT2D eigenvalue weighted by atomic mass is 16.6. The molecule has 7 nitrogen and oxygen atoms in total. The molecule has 1 aliphatic rings. The van der Waals surface area contributed by atoms with Crippen LogP contribution in [0.3, 0.4) is 0 Å². The molecule has 0 unspecified atom stereocenters. The number of hydrogen-bond acceptors (Lipinski definition) is 6. The van der Waals surface area contributed by atoms with Gasteiger partial charge in [-0.3, -0.25) is 10.1 Å². The zero-order chi connectivity index (χ0) is 14.0. The van der Waals surface area contributed by atoms with E-state index in [2.05, 4.69) is 5.32 Å². The minimum absolute atomic E-state index is 0.00893. The fourth-order valence-corrected chi connectivity index (χ4v) is 2.04. The third-order valence-electron chi connectivity index (χ3n) is 3.15. The topological polar surface area (TPSA) is 105 Å². The molecule has 3 atom stereocenters. The Morgan fingerprint density at radius 3 is 2.89 bits per heavy atom. The predicted octanol–water partition coefficient (Wildman–Crippen LogP) is 0.783. The molecule has 0 saturated carbocycles. The van der Waals surface area contributed by atoms with Gasteiger partial charge < -0.3 is 20.3 Å². The van der Waals surface area contributed by atoms with E-state index >= 15 is 0 Å². The Balaban J connectivity index is 2.11. The maximum absolute atomic E-state index is 10.7. The summed E-state index contributed by atoms with van der Waals surface area (Å²) in [4.78, 5) is 10.3. The standard InChI is InChI=1S/C12H16N2O5/c1-7-2-3-8(14(17)18)4-9(7)13-12-5-10(16)11(6-15)19-12/h2-4,10-13,15-16H,5-6H2,1H3/t10-,11-,12+/m0/s1. The first kappa shape index (κ1) is 13.7. The number of non-ortho nitro benzene ring substituents is 1. The van der Waals surface area contributed by atoms with Crippen LogP contribution in [0.1, 0.15) is 12.0 Å². The van der Waals surface area contributed by atoms with Crippen LogP contribution in [0.15, 0.2) is 18.2 Å². The number of aliphatic hydroxyl groups excluding tert-OH is 2. The average molecular weight is 268 g/mol. The summed E-state index contributed by atoms with van der Waals surface area (Å²) in [7, 11) is 0. The molecule has 0 aliphatic carbocycles. The first-order valence-corrected chi connectivity index (χ1v) is 5.97. The highest BCUT2D eigenvalue weighted by Crippen LogP contribution is 2.26. The second kappa shape index (κ2) is 5.52. The fourth-order valence-electron chi connectivity index (χ4n) is 2.04. The van der Waals surface area contributed by atoms with Gasteiger partial charge >= 0.3 is 0 Å². The second-order valence-electron chi connectivity index (χ2n) is 4.55. The molecule has 1 aromatic rings. The highest BCUT2D eigenvalue weighted by molar-refractivity contribution is 5.57. The molecule has 3 N–H and O–H groups in total. The molecule has 2 rings (SSSR count). The van der Waals surface area contributed by atoms with E-state index < -0.39 is 23.4 Å². The molecule has 0 amide bonds. The Morgan fingerprint density at radius 1 is 1.58 bits per heavy atom. The molecule has 0 radical (unpaired) electrons. The minimum atomic E-state index is -0.735. The minimum Gasteiger partial charge on any atom is -0.394 e. The van der Waals surface area contributed by atoms with Crippen molar-refractivity contribution in [3.8, 4) is 0 Å². The monoisotopic (exact) mass is 268 g/mol. The SMILES string of the molecule is Cc1ccc([N+](=O)[O-])cc1N[C@H]1C[C@H](O)[C@H](CO)O1. The maximum Gasteiger partial charge on any atom is 0.271 e. The summed E-state index contributed by atoms with van der Waals surface area (Å²) in [6, 6.07) is 4.51. The third kappa shape index (κ3) is 3.01. The molecule has 0 spiro atoms. The van der Waals surface area contributed by atoms with Crippen molar-refractivity contribution in [2.45, 2.75) is 31.8 Å². The molecular weight excluding hydrogens is 252 g/mol. The van der Waals surface area contributed by atoms with Crippen molar-refractivity contribution < 1.29 is 19.9 Å². The van der Waals surface area contributed by atoms with Crippen molar-refractivity contribution in [1.29, 1.82) is 0 Å². The van der Waals surface area contributed by atoms with Crippen molar-refractivity contribution in [3.05, 3.63) is 33.9 Å². The predicted molar refractivity (Wildman–Crippen MR) is 67.8 cm³/mol. The Bertz CT molecular complexity index is 479. The Labute approximate surface area is 110 Å². The molecule has 1 heterocycles. The molecule has 0 aromatic heterocycles. The summed E-state index contributed by atoms with van der Waals surface area (Å²) in [5, 5.41) is 32.3. The van der Waals surface area contributed by atoms with Gasteiger partial charge in [0.05, 0.1) is 17.6 Å². The molecule has 7 heteroatoms. The lowest BCUT2D eigenvalue weighted by atomic mass is 10.1. The van der Waals surface area contributed by atoms with Gasteiger partial charge in [0.15, 0.2) is 0 Å². The first-order chi connectivity index (χ1) is 9.01. The van der Waals surface area contributed by atoms with Crippen LogP contribution >= 0.6 is 0 Å². The fraction of sp³-hybridized carbons (Fsp3) is 0.500. The van der Waals surface area contributed by atoms with Crippen LogP contribution in [-0.2, 0) is 4.74 Å². The number of nitro benzene ring substituents is 1.